The molecule has 1 aliphatic rings. The van der Waals surface area contributed by atoms with Gasteiger partial charge < -0.3 is 21.4 Å². The third-order valence-electron chi connectivity index (χ3n) is 5.12. The lowest BCUT2D eigenvalue weighted by atomic mass is 9.98. The van der Waals surface area contributed by atoms with Gasteiger partial charge in [-0.2, -0.15) is 0 Å². The molecule has 7 heteroatoms. The highest BCUT2D eigenvalue weighted by Crippen LogP contribution is 2.38. The van der Waals surface area contributed by atoms with Crippen LogP contribution in [0.3, 0.4) is 0 Å². The number of nitrogens with zero attached hydrogens (tertiary/aromatic N) is 1. The monoisotopic (exact) mass is 402 g/mol. The number of fused-ring (bicyclic) bond motifs is 5. The van der Waals surface area contributed by atoms with E-state index >= 15 is 0 Å². The highest BCUT2D eigenvalue weighted by atomic mass is 35.5. The average molecular weight is 403 g/mol. The molecule has 0 saturated carbocycles. The van der Waals surface area contributed by atoms with Crippen LogP contribution in [0.4, 0.5) is 4.39 Å². The maximum atomic E-state index is 13.6. The van der Waals surface area contributed by atoms with Crippen LogP contribution >= 0.6 is 12.4 Å². The lowest BCUT2D eigenvalue weighted by Crippen LogP contribution is -2.42. The van der Waals surface area contributed by atoms with E-state index in [4.69, 9.17) is 11.5 Å². The summed E-state index contributed by atoms with van der Waals surface area (Å²) in [5, 5.41) is 1.02. The summed E-state index contributed by atoms with van der Waals surface area (Å²) < 4.78 is 13.6. The fourth-order valence-corrected chi connectivity index (χ4v) is 3.85. The van der Waals surface area contributed by atoms with Gasteiger partial charge in [0.1, 0.15) is 11.9 Å². The third-order valence-corrected chi connectivity index (χ3v) is 5.12. The summed E-state index contributed by atoms with van der Waals surface area (Å²) in [5.41, 5.74) is 16.0. The van der Waals surface area contributed by atoms with Gasteiger partial charge in [-0.05, 0) is 23.6 Å². The van der Waals surface area contributed by atoms with Gasteiger partial charge in [0.05, 0.1) is 0 Å². The van der Waals surface area contributed by atoms with E-state index in [9.17, 15) is 9.18 Å². The number of nitrogens with two attached hydrogens (primary N) is 2. The lowest BCUT2D eigenvalue weighted by molar-refractivity contribution is 0.0724. The lowest BCUT2D eigenvalue weighted by Gasteiger charge is -2.25. The van der Waals surface area contributed by atoms with Crippen LogP contribution in [-0.2, 0) is 6.54 Å². The molecule has 148 valence electrons. The van der Waals surface area contributed by atoms with Crippen LogP contribution in [0.25, 0.3) is 22.0 Å². The molecular weight excluding hydrogens is 379 g/mol. The fraction of sp³-hybridized carbons (Fsp3) is 0.286. The van der Waals surface area contributed by atoms with Crippen LogP contribution in [0.2, 0.25) is 0 Å². The van der Waals surface area contributed by atoms with Crippen molar-refractivity contribution in [1.29, 1.82) is 0 Å². The number of halogens is 2. The molecular formula is C21H24ClFN4O. The zero-order chi connectivity index (χ0) is 19.0. The number of aromatic nitrogens is 1. The van der Waals surface area contributed by atoms with E-state index in [1.165, 1.54) is 0 Å². The third kappa shape index (κ3) is 3.63. The largest absolute Gasteiger partial charge is 0.350 e. The molecule has 5 N–H and O–H groups in total. The molecule has 1 aromatic heterocycles. The summed E-state index contributed by atoms with van der Waals surface area (Å²) in [5.74, 6) is -0.115. The molecule has 0 saturated heterocycles. The Bertz CT molecular complexity index is 989. The van der Waals surface area contributed by atoms with Gasteiger partial charge >= 0.3 is 0 Å². The van der Waals surface area contributed by atoms with Crippen molar-refractivity contribution in [2.45, 2.75) is 25.2 Å². The molecule has 0 bridgehead atoms. The Morgan fingerprint density at radius 3 is 2.64 bits per heavy atom. The van der Waals surface area contributed by atoms with Crippen molar-refractivity contribution in [3.63, 3.8) is 0 Å². The molecule has 2 aromatic carbocycles. The second-order valence-electron chi connectivity index (χ2n) is 7.09. The SMILES string of the molecule is Cl.NCC(F)C[C@@H](N)CN1Cc2ccccc2-c2c([nH]c3ccccc23)C1=O. The molecule has 2 heterocycles. The first-order chi connectivity index (χ1) is 13.1. The van der Waals surface area contributed by atoms with Crippen LogP contribution in [0, 0.1) is 0 Å². The summed E-state index contributed by atoms with van der Waals surface area (Å²) in [6.45, 7) is 0.665. The van der Waals surface area contributed by atoms with Crippen molar-refractivity contribution < 1.29 is 9.18 Å². The van der Waals surface area contributed by atoms with E-state index < -0.39 is 12.2 Å². The maximum absolute atomic E-state index is 13.6. The highest BCUT2D eigenvalue weighted by Gasteiger charge is 2.30. The molecule has 5 nitrogen and oxygen atoms in total. The molecule has 1 aliphatic heterocycles. The van der Waals surface area contributed by atoms with Crippen LogP contribution in [0.1, 0.15) is 22.5 Å². The van der Waals surface area contributed by atoms with Crippen molar-refractivity contribution in [2.75, 3.05) is 13.1 Å². The quantitative estimate of drug-likeness (QED) is 0.612. The molecule has 0 radical (unpaired) electrons. The van der Waals surface area contributed by atoms with Crippen LogP contribution in [0.15, 0.2) is 48.5 Å². The van der Waals surface area contributed by atoms with E-state index in [0.717, 1.165) is 27.6 Å². The van der Waals surface area contributed by atoms with Gasteiger partial charge in [0.2, 0.25) is 0 Å². The van der Waals surface area contributed by atoms with Crippen LogP contribution in [-0.4, -0.2) is 41.1 Å². The Morgan fingerprint density at radius 2 is 1.86 bits per heavy atom. The number of H-pyrrole nitrogens is 1. The molecule has 1 unspecified atom stereocenters. The second-order valence-corrected chi connectivity index (χ2v) is 7.09. The number of aromatic amines is 1. The van der Waals surface area contributed by atoms with Crippen molar-refractivity contribution >= 4 is 29.2 Å². The van der Waals surface area contributed by atoms with Gasteiger partial charge in [-0.1, -0.05) is 42.5 Å². The predicted molar refractivity (Wildman–Crippen MR) is 112 cm³/mol. The number of alkyl halides is 1. The first-order valence-electron chi connectivity index (χ1n) is 9.16. The zero-order valence-electron chi connectivity index (χ0n) is 15.4. The number of nitrogens with one attached hydrogen (secondary N) is 1. The Kier molecular flexibility index (Phi) is 6.03. The number of benzene rings is 2. The molecule has 0 aliphatic carbocycles. The number of carbonyl (C=O) groups is 1. The summed E-state index contributed by atoms with van der Waals surface area (Å²) in [4.78, 5) is 18.3. The molecule has 1 amide bonds. The van der Waals surface area contributed by atoms with Gasteiger partial charge in [-0.15, -0.1) is 12.4 Å². The van der Waals surface area contributed by atoms with Gasteiger partial charge in [0.15, 0.2) is 0 Å². The van der Waals surface area contributed by atoms with Crippen LogP contribution < -0.4 is 11.5 Å². The Labute approximate surface area is 169 Å². The minimum absolute atomic E-state index is 0. The molecule has 4 rings (SSSR count). The molecule has 3 aromatic rings. The number of rotatable bonds is 5. The minimum Gasteiger partial charge on any atom is -0.350 e. The van der Waals surface area contributed by atoms with E-state index in [2.05, 4.69) is 4.98 Å². The first-order valence-corrected chi connectivity index (χ1v) is 9.16. The molecule has 0 fully saturated rings. The summed E-state index contributed by atoms with van der Waals surface area (Å²) in [6.07, 6.45) is -1.01. The van der Waals surface area contributed by atoms with Crippen molar-refractivity contribution in [1.82, 2.24) is 9.88 Å². The predicted octanol–water partition coefficient (Wildman–Crippen LogP) is 3.23. The topological polar surface area (TPSA) is 88.1 Å². The van der Waals surface area contributed by atoms with E-state index in [1.807, 2.05) is 48.5 Å². The van der Waals surface area contributed by atoms with E-state index in [1.54, 1.807) is 4.90 Å². The molecule has 2 atom stereocenters. The number of hydrogen-bond donors (Lipinski definition) is 3. The highest BCUT2D eigenvalue weighted by molar-refractivity contribution is 6.11. The van der Waals surface area contributed by atoms with Crippen LogP contribution in [0.5, 0.6) is 0 Å². The van der Waals surface area contributed by atoms with Crippen molar-refractivity contribution in [2.24, 2.45) is 11.5 Å². The fourth-order valence-electron chi connectivity index (χ4n) is 3.85. The van der Waals surface area contributed by atoms with Crippen molar-refractivity contribution in [3.05, 3.63) is 59.8 Å². The molecule has 0 spiro atoms. The number of para-hydroxylation sites is 1. The summed E-state index contributed by atoms with van der Waals surface area (Å²) in [7, 11) is 0. The number of carbonyl (C=O) groups excluding carboxylic acids is 1. The van der Waals surface area contributed by atoms with Crippen molar-refractivity contribution in [3.8, 4) is 11.1 Å². The van der Waals surface area contributed by atoms with Gasteiger partial charge in [0.25, 0.3) is 5.91 Å². The number of amides is 1. The Balaban J connectivity index is 0.00000225. The molecule has 28 heavy (non-hydrogen) atoms. The van der Waals surface area contributed by atoms with E-state index in [-0.39, 0.29) is 37.8 Å². The van der Waals surface area contributed by atoms with Gasteiger partial charge in [-0.25, -0.2) is 4.39 Å². The van der Waals surface area contributed by atoms with Gasteiger partial charge in [0, 0.05) is 42.1 Å². The van der Waals surface area contributed by atoms with Gasteiger partial charge in [-0.3, -0.25) is 4.79 Å². The average Bonchev–Trinajstić information content (AvgIpc) is 3.01. The Hall–Kier alpha value is -2.41. The normalized spacial score (nSPS) is 15.4. The first kappa shape index (κ1) is 20.3. The second kappa shape index (κ2) is 8.31. The summed E-state index contributed by atoms with van der Waals surface area (Å²) in [6, 6.07) is 15.4. The number of hydrogen-bond acceptors (Lipinski definition) is 3. The zero-order valence-corrected chi connectivity index (χ0v) is 16.2. The van der Waals surface area contributed by atoms with E-state index in [0.29, 0.717) is 12.2 Å². The smallest absolute Gasteiger partial charge is 0.271 e. The summed E-state index contributed by atoms with van der Waals surface area (Å²) >= 11 is 0. The Morgan fingerprint density at radius 1 is 1.14 bits per heavy atom. The maximum Gasteiger partial charge on any atom is 0.271 e. The minimum atomic E-state index is -1.15. The standard InChI is InChI=1S/C21H23FN4O.ClH/c22-14(10-23)9-15(24)12-26-11-13-5-1-2-6-16(13)19-17-7-3-4-8-18(17)25-20(19)21(26)27;/h1-8,14-15,25H,9-12,23-24H2;1H/t14?,15-;/m1./s1.